The lowest BCUT2D eigenvalue weighted by Crippen LogP contribution is -2.22. The standard InChI is InChI=1S/C18H18FNOS/c1-12(22-17-8-3-2-7-16(17)19)18(21)20-15-10-9-13-5-4-6-14(13)11-15/h2-3,7-12H,4-6H2,1H3,(H,20,21)/t12-/m0/s1. The molecule has 0 fully saturated rings. The Bertz CT molecular complexity index is 701. The first-order valence-corrected chi connectivity index (χ1v) is 8.35. The van der Waals surface area contributed by atoms with Crippen molar-refractivity contribution in [1.82, 2.24) is 0 Å². The molecule has 114 valence electrons. The van der Waals surface area contributed by atoms with E-state index >= 15 is 0 Å². The molecule has 1 aliphatic carbocycles. The van der Waals surface area contributed by atoms with Gasteiger partial charge in [-0.1, -0.05) is 18.2 Å². The number of anilines is 1. The van der Waals surface area contributed by atoms with E-state index in [1.807, 2.05) is 6.07 Å². The Hall–Kier alpha value is -1.81. The van der Waals surface area contributed by atoms with E-state index < -0.39 is 0 Å². The van der Waals surface area contributed by atoms with Crippen molar-refractivity contribution in [3.63, 3.8) is 0 Å². The number of rotatable bonds is 4. The van der Waals surface area contributed by atoms with Crippen molar-refractivity contribution in [2.45, 2.75) is 36.3 Å². The van der Waals surface area contributed by atoms with Gasteiger partial charge >= 0.3 is 0 Å². The maximum atomic E-state index is 13.6. The molecule has 4 heteroatoms. The number of thioether (sulfide) groups is 1. The summed E-state index contributed by atoms with van der Waals surface area (Å²) in [7, 11) is 0. The van der Waals surface area contributed by atoms with Crippen molar-refractivity contribution in [3.8, 4) is 0 Å². The summed E-state index contributed by atoms with van der Waals surface area (Å²) in [6, 6.07) is 12.6. The predicted octanol–water partition coefficient (Wildman–Crippen LogP) is 4.43. The third kappa shape index (κ3) is 3.33. The van der Waals surface area contributed by atoms with Gasteiger partial charge in [0.05, 0.1) is 5.25 Å². The molecule has 0 bridgehead atoms. The predicted molar refractivity (Wildman–Crippen MR) is 88.8 cm³/mol. The smallest absolute Gasteiger partial charge is 0.237 e. The van der Waals surface area contributed by atoms with Crippen LogP contribution in [0.1, 0.15) is 24.5 Å². The number of aryl methyl sites for hydroxylation is 2. The lowest BCUT2D eigenvalue weighted by Gasteiger charge is -2.13. The second kappa shape index (κ2) is 6.53. The van der Waals surface area contributed by atoms with Crippen LogP contribution >= 0.6 is 11.8 Å². The molecule has 2 aromatic carbocycles. The minimum atomic E-state index is -0.356. The molecule has 0 saturated heterocycles. The molecule has 22 heavy (non-hydrogen) atoms. The number of nitrogens with one attached hydrogen (secondary N) is 1. The SMILES string of the molecule is C[C@H](Sc1ccccc1F)C(=O)Nc1ccc2c(c1)CCC2. The maximum Gasteiger partial charge on any atom is 0.237 e. The lowest BCUT2D eigenvalue weighted by atomic mass is 10.1. The van der Waals surface area contributed by atoms with Crippen LogP contribution in [0.25, 0.3) is 0 Å². The van der Waals surface area contributed by atoms with Crippen LogP contribution in [0.5, 0.6) is 0 Å². The molecule has 2 nitrogen and oxygen atoms in total. The minimum Gasteiger partial charge on any atom is -0.325 e. The van der Waals surface area contributed by atoms with Crippen LogP contribution in [0.4, 0.5) is 10.1 Å². The fourth-order valence-electron chi connectivity index (χ4n) is 2.68. The summed E-state index contributed by atoms with van der Waals surface area (Å²) >= 11 is 1.24. The van der Waals surface area contributed by atoms with Crippen LogP contribution in [0.3, 0.4) is 0 Å². The molecule has 0 aromatic heterocycles. The quantitative estimate of drug-likeness (QED) is 0.846. The Morgan fingerprint density at radius 2 is 1.95 bits per heavy atom. The highest BCUT2D eigenvalue weighted by Crippen LogP contribution is 2.28. The number of halogens is 1. The third-order valence-corrected chi connectivity index (χ3v) is 5.03. The van der Waals surface area contributed by atoms with Gasteiger partial charge in [0.1, 0.15) is 5.82 Å². The summed E-state index contributed by atoms with van der Waals surface area (Å²) in [6.45, 7) is 1.79. The van der Waals surface area contributed by atoms with E-state index in [4.69, 9.17) is 0 Å². The first-order valence-electron chi connectivity index (χ1n) is 7.47. The van der Waals surface area contributed by atoms with Crippen molar-refractivity contribution >= 4 is 23.4 Å². The summed E-state index contributed by atoms with van der Waals surface area (Å²) in [5.74, 6) is -0.393. The second-order valence-electron chi connectivity index (χ2n) is 5.52. The van der Waals surface area contributed by atoms with E-state index in [2.05, 4.69) is 17.4 Å². The molecule has 1 N–H and O–H groups in total. The van der Waals surface area contributed by atoms with Crippen LogP contribution in [-0.2, 0) is 17.6 Å². The number of carbonyl (C=O) groups is 1. The van der Waals surface area contributed by atoms with Gasteiger partial charge in [-0.25, -0.2) is 4.39 Å². The second-order valence-corrected chi connectivity index (χ2v) is 6.90. The first-order chi connectivity index (χ1) is 10.6. The van der Waals surface area contributed by atoms with Gasteiger partial charge in [0.2, 0.25) is 5.91 Å². The number of amides is 1. The van der Waals surface area contributed by atoms with Gasteiger partial charge in [0.15, 0.2) is 0 Å². The van der Waals surface area contributed by atoms with Gasteiger partial charge in [-0.3, -0.25) is 4.79 Å². The molecule has 0 radical (unpaired) electrons. The van der Waals surface area contributed by atoms with Crippen LogP contribution in [-0.4, -0.2) is 11.2 Å². The summed E-state index contributed by atoms with van der Waals surface area (Å²) in [6.07, 6.45) is 3.40. The number of hydrogen-bond donors (Lipinski definition) is 1. The highest BCUT2D eigenvalue weighted by Gasteiger charge is 2.17. The topological polar surface area (TPSA) is 29.1 Å². The first kappa shape index (κ1) is 15.1. The maximum absolute atomic E-state index is 13.6. The molecule has 2 aromatic rings. The molecule has 1 aliphatic rings. The molecular weight excluding hydrogens is 297 g/mol. The summed E-state index contributed by atoms with van der Waals surface area (Å²) in [5.41, 5.74) is 3.53. The van der Waals surface area contributed by atoms with Gasteiger partial charge in [0.25, 0.3) is 0 Å². The van der Waals surface area contributed by atoms with E-state index in [1.54, 1.807) is 25.1 Å². The zero-order valence-electron chi connectivity index (χ0n) is 12.4. The Labute approximate surface area is 134 Å². The highest BCUT2D eigenvalue weighted by molar-refractivity contribution is 8.00. The Morgan fingerprint density at radius 1 is 1.18 bits per heavy atom. The third-order valence-electron chi connectivity index (χ3n) is 3.88. The monoisotopic (exact) mass is 315 g/mol. The van der Waals surface area contributed by atoms with E-state index in [0.717, 1.165) is 18.5 Å². The van der Waals surface area contributed by atoms with Crippen molar-refractivity contribution in [2.75, 3.05) is 5.32 Å². The largest absolute Gasteiger partial charge is 0.325 e. The number of carbonyl (C=O) groups excluding carboxylic acids is 1. The van der Waals surface area contributed by atoms with Crippen LogP contribution in [0, 0.1) is 5.82 Å². The van der Waals surface area contributed by atoms with Crippen molar-refractivity contribution in [1.29, 1.82) is 0 Å². The van der Waals surface area contributed by atoms with Crippen molar-refractivity contribution < 1.29 is 9.18 Å². The molecular formula is C18H18FNOS. The van der Waals surface area contributed by atoms with E-state index in [9.17, 15) is 9.18 Å². The molecule has 3 rings (SSSR count). The molecule has 0 saturated carbocycles. The van der Waals surface area contributed by atoms with Gasteiger partial charge in [0, 0.05) is 10.6 Å². The van der Waals surface area contributed by atoms with Gasteiger partial charge < -0.3 is 5.32 Å². The summed E-state index contributed by atoms with van der Waals surface area (Å²) in [4.78, 5) is 12.8. The number of hydrogen-bond acceptors (Lipinski definition) is 2. The number of benzene rings is 2. The Kier molecular flexibility index (Phi) is 4.48. The van der Waals surface area contributed by atoms with Gasteiger partial charge in [-0.15, -0.1) is 11.8 Å². The van der Waals surface area contributed by atoms with Crippen LogP contribution in [0.15, 0.2) is 47.4 Å². The molecule has 0 unspecified atom stereocenters. The van der Waals surface area contributed by atoms with E-state index in [1.165, 1.54) is 35.4 Å². The fraction of sp³-hybridized carbons (Fsp3) is 0.278. The summed E-state index contributed by atoms with van der Waals surface area (Å²) < 4.78 is 13.6. The molecule has 1 amide bonds. The van der Waals surface area contributed by atoms with Gasteiger partial charge in [-0.05, 0) is 61.6 Å². The molecule has 0 spiro atoms. The lowest BCUT2D eigenvalue weighted by molar-refractivity contribution is -0.115. The Morgan fingerprint density at radius 3 is 2.77 bits per heavy atom. The van der Waals surface area contributed by atoms with Crippen LogP contribution in [0.2, 0.25) is 0 Å². The minimum absolute atomic E-state index is 0.105. The fourth-order valence-corrected chi connectivity index (χ4v) is 3.56. The van der Waals surface area contributed by atoms with E-state index in [0.29, 0.717) is 4.90 Å². The number of fused-ring (bicyclic) bond motifs is 1. The Balaban J connectivity index is 1.65. The highest BCUT2D eigenvalue weighted by atomic mass is 32.2. The zero-order valence-corrected chi connectivity index (χ0v) is 13.3. The average molecular weight is 315 g/mol. The molecule has 1 atom stereocenters. The van der Waals surface area contributed by atoms with E-state index in [-0.39, 0.29) is 17.0 Å². The summed E-state index contributed by atoms with van der Waals surface area (Å²) in [5, 5.41) is 2.57. The molecule has 0 aliphatic heterocycles. The van der Waals surface area contributed by atoms with Crippen LogP contribution < -0.4 is 5.32 Å². The van der Waals surface area contributed by atoms with Gasteiger partial charge in [-0.2, -0.15) is 0 Å². The molecule has 0 heterocycles. The normalized spacial score (nSPS) is 14.5. The average Bonchev–Trinajstić information content (AvgIpc) is 2.97. The van der Waals surface area contributed by atoms with Crippen molar-refractivity contribution in [3.05, 3.63) is 59.4 Å². The zero-order chi connectivity index (χ0) is 15.5. The van der Waals surface area contributed by atoms with Crippen molar-refractivity contribution in [2.24, 2.45) is 0 Å².